The number of hydrogen-bond acceptors (Lipinski definition) is 6. The number of carbonyl (C=O) groups excluding carboxylic acids is 2. The lowest BCUT2D eigenvalue weighted by Gasteiger charge is -2.13. The number of aryl methyl sites for hydroxylation is 1. The molecule has 0 fully saturated rings. The number of ether oxygens (including phenoxy) is 1. The first kappa shape index (κ1) is 18.1. The molecule has 0 radical (unpaired) electrons. The number of carbonyl (C=O) groups is 2. The molecule has 8 nitrogen and oxygen atoms in total. The number of anilines is 1. The normalized spacial score (nSPS) is 11.6. The highest BCUT2D eigenvalue weighted by molar-refractivity contribution is 5.98. The summed E-state index contributed by atoms with van der Waals surface area (Å²) in [4.78, 5) is 24.5. The van der Waals surface area contributed by atoms with Gasteiger partial charge < -0.3 is 10.1 Å². The highest BCUT2D eigenvalue weighted by Crippen LogP contribution is 2.15. The molecule has 0 saturated carbocycles. The van der Waals surface area contributed by atoms with Crippen LogP contribution in [0.2, 0.25) is 0 Å². The van der Waals surface area contributed by atoms with Gasteiger partial charge in [0, 0.05) is 12.2 Å². The summed E-state index contributed by atoms with van der Waals surface area (Å²) in [7, 11) is 0. The number of amides is 1. The van der Waals surface area contributed by atoms with E-state index in [-0.39, 0.29) is 0 Å². The zero-order chi connectivity index (χ0) is 19.4. The zero-order valence-corrected chi connectivity index (χ0v) is 14.8. The average molecular weight is 363 g/mol. The quantitative estimate of drug-likeness (QED) is 0.698. The molecule has 0 bridgehead atoms. The van der Waals surface area contributed by atoms with Crippen LogP contribution >= 0.6 is 0 Å². The van der Waals surface area contributed by atoms with Gasteiger partial charge in [0.05, 0.1) is 22.7 Å². The molecule has 1 atom stereocenters. The number of benzene rings is 2. The van der Waals surface area contributed by atoms with E-state index in [4.69, 9.17) is 10.00 Å². The van der Waals surface area contributed by atoms with Crippen molar-refractivity contribution in [3.63, 3.8) is 0 Å². The van der Waals surface area contributed by atoms with Gasteiger partial charge in [-0.2, -0.15) is 5.26 Å². The molecule has 0 aliphatic rings. The van der Waals surface area contributed by atoms with Gasteiger partial charge in [0.2, 0.25) is 0 Å². The molecule has 0 aliphatic carbocycles. The number of hydrogen-bond donors (Lipinski definition) is 1. The number of aromatic nitrogens is 3. The van der Waals surface area contributed by atoms with Crippen molar-refractivity contribution >= 4 is 28.6 Å². The van der Waals surface area contributed by atoms with Crippen LogP contribution in [0.15, 0.2) is 42.5 Å². The van der Waals surface area contributed by atoms with Crippen molar-refractivity contribution in [2.45, 2.75) is 26.5 Å². The maximum Gasteiger partial charge on any atom is 0.338 e. The molecule has 27 heavy (non-hydrogen) atoms. The maximum atomic E-state index is 12.3. The lowest BCUT2D eigenvalue weighted by Crippen LogP contribution is -2.30. The first-order valence-corrected chi connectivity index (χ1v) is 8.37. The molecule has 0 aliphatic heterocycles. The van der Waals surface area contributed by atoms with Crippen molar-refractivity contribution in [1.29, 1.82) is 5.26 Å². The fraction of sp³-hybridized carbons (Fsp3) is 0.211. The van der Waals surface area contributed by atoms with E-state index in [0.717, 1.165) is 5.52 Å². The van der Waals surface area contributed by atoms with Gasteiger partial charge in [0.15, 0.2) is 6.10 Å². The average Bonchev–Trinajstić information content (AvgIpc) is 3.10. The van der Waals surface area contributed by atoms with E-state index in [2.05, 4.69) is 15.6 Å². The molecule has 1 aromatic heterocycles. The maximum absolute atomic E-state index is 12.3. The Hall–Kier alpha value is -3.73. The van der Waals surface area contributed by atoms with Crippen LogP contribution < -0.4 is 5.32 Å². The van der Waals surface area contributed by atoms with Gasteiger partial charge in [0.25, 0.3) is 5.91 Å². The lowest BCUT2D eigenvalue weighted by molar-refractivity contribution is -0.123. The Balaban J connectivity index is 1.65. The van der Waals surface area contributed by atoms with Crippen LogP contribution in [-0.4, -0.2) is 33.0 Å². The molecule has 1 amide bonds. The third kappa shape index (κ3) is 3.93. The first-order valence-electron chi connectivity index (χ1n) is 8.37. The molecule has 3 aromatic rings. The first-order chi connectivity index (χ1) is 13.0. The van der Waals surface area contributed by atoms with Crippen molar-refractivity contribution in [3.8, 4) is 6.07 Å². The molecule has 136 valence electrons. The van der Waals surface area contributed by atoms with Gasteiger partial charge in [-0.15, -0.1) is 5.10 Å². The Morgan fingerprint density at radius 2 is 2.00 bits per heavy atom. The molecular formula is C19H17N5O3. The second-order valence-electron chi connectivity index (χ2n) is 5.83. The number of rotatable bonds is 5. The Morgan fingerprint density at radius 1 is 1.26 bits per heavy atom. The Bertz CT molecular complexity index is 1030. The van der Waals surface area contributed by atoms with Crippen LogP contribution in [0.5, 0.6) is 0 Å². The van der Waals surface area contributed by atoms with Crippen LogP contribution in [0.1, 0.15) is 29.8 Å². The van der Waals surface area contributed by atoms with Crippen LogP contribution in [0.4, 0.5) is 5.69 Å². The van der Waals surface area contributed by atoms with Crippen LogP contribution in [0, 0.1) is 11.3 Å². The molecular weight excluding hydrogens is 346 g/mol. The topological polar surface area (TPSA) is 110 Å². The monoisotopic (exact) mass is 363 g/mol. The highest BCUT2D eigenvalue weighted by Gasteiger charge is 2.20. The molecule has 8 heteroatoms. The van der Waals surface area contributed by atoms with E-state index in [9.17, 15) is 9.59 Å². The molecule has 0 saturated heterocycles. The standard InChI is InChI=1S/C19H17N5O3/c1-3-24-17-9-6-14(10-16(17)22-23-24)19(26)27-12(2)18(25)21-15-7-4-13(11-20)5-8-15/h4-10,12H,3H2,1-2H3,(H,21,25)/t12-/m0/s1. The zero-order valence-electron chi connectivity index (χ0n) is 14.8. The Morgan fingerprint density at radius 3 is 2.67 bits per heavy atom. The highest BCUT2D eigenvalue weighted by atomic mass is 16.5. The van der Waals surface area contributed by atoms with Crippen molar-refractivity contribution in [2.24, 2.45) is 0 Å². The van der Waals surface area contributed by atoms with Crippen LogP contribution in [0.25, 0.3) is 11.0 Å². The SMILES string of the molecule is CCn1nnc2cc(C(=O)O[C@@H](C)C(=O)Nc3ccc(C#N)cc3)ccc21. The molecule has 1 N–H and O–H groups in total. The van der Waals surface area contributed by atoms with Crippen molar-refractivity contribution in [1.82, 2.24) is 15.0 Å². The molecule has 0 unspecified atom stereocenters. The summed E-state index contributed by atoms with van der Waals surface area (Å²) in [6.45, 7) is 4.11. The number of nitrogens with one attached hydrogen (secondary N) is 1. The van der Waals surface area contributed by atoms with E-state index in [1.807, 2.05) is 13.0 Å². The summed E-state index contributed by atoms with van der Waals surface area (Å²) < 4.78 is 6.96. The fourth-order valence-electron chi connectivity index (χ4n) is 2.49. The van der Waals surface area contributed by atoms with Gasteiger partial charge in [0.1, 0.15) is 5.52 Å². The minimum Gasteiger partial charge on any atom is -0.449 e. The minimum atomic E-state index is -0.991. The van der Waals surface area contributed by atoms with E-state index in [1.54, 1.807) is 47.1 Å². The fourth-order valence-corrected chi connectivity index (χ4v) is 2.49. The van der Waals surface area contributed by atoms with E-state index < -0.39 is 18.0 Å². The predicted octanol–water partition coefficient (Wildman–Crippen LogP) is 2.51. The van der Waals surface area contributed by atoms with E-state index in [1.165, 1.54) is 6.92 Å². The number of esters is 1. The second kappa shape index (κ2) is 7.66. The lowest BCUT2D eigenvalue weighted by atomic mass is 10.2. The summed E-state index contributed by atoms with van der Waals surface area (Å²) in [5.74, 6) is -1.09. The summed E-state index contributed by atoms with van der Waals surface area (Å²) in [5.41, 5.74) is 2.70. The smallest absolute Gasteiger partial charge is 0.338 e. The van der Waals surface area contributed by atoms with Crippen molar-refractivity contribution in [3.05, 3.63) is 53.6 Å². The molecule has 2 aromatic carbocycles. The van der Waals surface area contributed by atoms with Crippen molar-refractivity contribution in [2.75, 3.05) is 5.32 Å². The molecule has 1 heterocycles. The largest absolute Gasteiger partial charge is 0.449 e. The van der Waals surface area contributed by atoms with Gasteiger partial charge >= 0.3 is 5.97 Å². The number of nitriles is 1. The van der Waals surface area contributed by atoms with Gasteiger partial charge in [-0.1, -0.05) is 5.21 Å². The van der Waals surface area contributed by atoms with Gasteiger partial charge in [-0.25, -0.2) is 9.48 Å². The Labute approximate surface area is 155 Å². The summed E-state index contributed by atoms with van der Waals surface area (Å²) >= 11 is 0. The summed E-state index contributed by atoms with van der Waals surface area (Å²) in [5, 5.41) is 19.4. The Kier molecular flexibility index (Phi) is 5.13. The summed E-state index contributed by atoms with van der Waals surface area (Å²) in [6, 6.07) is 13.3. The van der Waals surface area contributed by atoms with E-state index in [0.29, 0.717) is 28.9 Å². The van der Waals surface area contributed by atoms with Crippen LogP contribution in [-0.2, 0) is 16.1 Å². The van der Waals surface area contributed by atoms with E-state index >= 15 is 0 Å². The third-order valence-electron chi connectivity index (χ3n) is 3.98. The molecule has 0 spiro atoms. The number of nitrogens with zero attached hydrogens (tertiary/aromatic N) is 4. The third-order valence-corrected chi connectivity index (χ3v) is 3.98. The minimum absolute atomic E-state index is 0.295. The van der Waals surface area contributed by atoms with Gasteiger partial charge in [-0.05, 0) is 56.3 Å². The molecule has 3 rings (SSSR count). The van der Waals surface area contributed by atoms with Gasteiger partial charge in [-0.3, -0.25) is 4.79 Å². The number of fused-ring (bicyclic) bond motifs is 1. The predicted molar refractivity (Wildman–Crippen MR) is 97.9 cm³/mol. The summed E-state index contributed by atoms with van der Waals surface area (Å²) in [6.07, 6.45) is -0.991. The van der Waals surface area contributed by atoms with Crippen molar-refractivity contribution < 1.29 is 14.3 Å². The second-order valence-corrected chi connectivity index (χ2v) is 5.83. The van der Waals surface area contributed by atoms with Crippen LogP contribution in [0.3, 0.4) is 0 Å².